The minimum atomic E-state index is 1.08. The Morgan fingerprint density at radius 3 is 2.92 bits per heavy atom. The van der Waals surface area contributed by atoms with Gasteiger partial charge in [0.2, 0.25) is 0 Å². The van der Waals surface area contributed by atoms with Crippen LogP contribution in [0.3, 0.4) is 0 Å². The molecule has 2 nitrogen and oxygen atoms in total. The second-order valence-electron chi connectivity index (χ2n) is 3.36. The van der Waals surface area contributed by atoms with Crippen molar-refractivity contribution in [3.8, 4) is 0 Å². The Morgan fingerprint density at radius 1 is 1.38 bits per heavy atom. The molecule has 1 aromatic rings. The Balaban J connectivity index is 1.90. The molecule has 0 aliphatic rings. The maximum absolute atomic E-state index is 4.18. The van der Waals surface area contributed by atoms with Gasteiger partial charge in [-0.1, -0.05) is 26.2 Å². The third kappa shape index (κ3) is 4.71. The SMILES string of the molecule is CCCC[CH]CCCc1ncc[nH]1. The van der Waals surface area contributed by atoms with E-state index in [4.69, 9.17) is 0 Å². The lowest BCUT2D eigenvalue weighted by Crippen LogP contribution is -1.88. The predicted molar refractivity (Wildman–Crippen MR) is 55.4 cm³/mol. The van der Waals surface area contributed by atoms with E-state index in [1.165, 1.54) is 32.1 Å². The third-order valence-electron chi connectivity index (χ3n) is 2.14. The summed E-state index contributed by atoms with van der Waals surface area (Å²) >= 11 is 0. The van der Waals surface area contributed by atoms with Crippen LogP contribution in [0, 0.1) is 6.42 Å². The van der Waals surface area contributed by atoms with Gasteiger partial charge in [0.05, 0.1) is 0 Å². The highest BCUT2D eigenvalue weighted by Gasteiger charge is 1.94. The molecule has 1 N–H and O–H groups in total. The topological polar surface area (TPSA) is 28.7 Å². The van der Waals surface area contributed by atoms with E-state index in [-0.39, 0.29) is 0 Å². The zero-order valence-corrected chi connectivity index (χ0v) is 8.42. The molecule has 0 amide bonds. The molecule has 0 aromatic carbocycles. The van der Waals surface area contributed by atoms with Crippen molar-refractivity contribution in [3.05, 3.63) is 24.6 Å². The largest absolute Gasteiger partial charge is 0.349 e. The van der Waals surface area contributed by atoms with Crippen LogP contribution in [0.15, 0.2) is 12.4 Å². The molecular weight excluding hydrogens is 160 g/mol. The third-order valence-corrected chi connectivity index (χ3v) is 2.14. The van der Waals surface area contributed by atoms with Crippen molar-refractivity contribution < 1.29 is 0 Å². The first-order valence-electron chi connectivity index (χ1n) is 5.23. The fourth-order valence-corrected chi connectivity index (χ4v) is 1.34. The molecule has 0 saturated carbocycles. The van der Waals surface area contributed by atoms with Gasteiger partial charge >= 0.3 is 0 Å². The Morgan fingerprint density at radius 2 is 2.23 bits per heavy atom. The Labute approximate surface area is 80.8 Å². The Bertz CT molecular complexity index is 192. The first-order chi connectivity index (χ1) is 6.43. The van der Waals surface area contributed by atoms with Crippen LogP contribution >= 0.6 is 0 Å². The molecule has 1 aromatic heterocycles. The molecule has 0 unspecified atom stereocenters. The van der Waals surface area contributed by atoms with Crippen molar-refractivity contribution in [2.45, 2.75) is 45.4 Å². The number of hydrogen-bond acceptors (Lipinski definition) is 1. The summed E-state index contributed by atoms with van der Waals surface area (Å²) in [7, 11) is 0. The van der Waals surface area contributed by atoms with Gasteiger partial charge in [-0.3, -0.25) is 0 Å². The highest BCUT2D eigenvalue weighted by Crippen LogP contribution is 2.05. The van der Waals surface area contributed by atoms with Crippen molar-refractivity contribution in [2.24, 2.45) is 0 Å². The highest BCUT2D eigenvalue weighted by atomic mass is 14.9. The number of H-pyrrole nitrogens is 1. The summed E-state index contributed by atoms with van der Waals surface area (Å²) < 4.78 is 0. The molecule has 0 atom stereocenters. The summed E-state index contributed by atoms with van der Waals surface area (Å²) in [5.74, 6) is 1.11. The van der Waals surface area contributed by atoms with Crippen molar-refractivity contribution >= 4 is 0 Å². The molecule has 0 aliphatic heterocycles. The Hall–Kier alpha value is -0.790. The smallest absolute Gasteiger partial charge is 0.105 e. The number of rotatable bonds is 7. The number of nitrogens with zero attached hydrogens (tertiary/aromatic N) is 1. The average molecular weight is 179 g/mol. The van der Waals surface area contributed by atoms with Crippen LogP contribution in [0.1, 0.15) is 44.9 Å². The lowest BCUT2D eigenvalue weighted by Gasteiger charge is -1.98. The first kappa shape index (κ1) is 10.3. The highest BCUT2D eigenvalue weighted by molar-refractivity contribution is 4.87. The van der Waals surface area contributed by atoms with Crippen LogP contribution in [0.25, 0.3) is 0 Å². The number of hydrogen-bond donors (Lipinski definition) is 1. The molecule has 0 fully saturated rings. The van der Waals surface area contributed by atoms with Gasteiger partial charge in [-0.2, -0.15) is 0 Å². The lowest BCUT2D eigenvalue weighted by atomic mass is 10.1. The maximum Gasteiger partial charge on any atom is 0.105 e. The van der Waals surface area contributed by atoms with Gasteiger partial charge in [0.1, 0.15) is 5.82 Å². The average Bonchev–Trinajstić information content (AvgIpc) is 2.63. The van der Waals surface area contributed by atoms with Gasteiger partial charge < -0.3 is 4.98 Å². The van der Waals surface area contributed by atoms with Crippen molar-refractivity contribution in [2.75, 3.05) is 0 Å². The number of aromatic amines is 1. The molecule has 73 valence electrons. The maximum atomic E-state index is 4.18. The van der Waals surface area contributed by atoms with Gasteiger partial charge in [-0.05, 0) is 19.3 Å². The summed E-state index contributed by atoms with van der Waals surface area (Å²) in [4.78, 5) is 7.29. The van der Waals surface area contributed by atoms with E-state index in [0.717, 1.165) is 12.2 Å². The summed E-state index contributed by atoms with van der Waals surface area (Å²) in [6.07, 6.45) is 13.5. The van der Waals surface area contributed by atoms with Gasteiger partial charge in [-0.15, -0.1) is 0 Å². The summed E-state index contributed by atoms with van der Waals surface area (Å²) in [5.41, 5.74) is 0. The van der Waals surface area contributed by atoms with Crippen molar-refractivity contribution in [1.82, 2.24) is 9.97 Å². The van der Waals surface area contributed by atoms with Crippen molar-refractivity contribution in [1.29, 1.82) is 0 Å². The molecule has 0 bridgehead atoms. The fraction of sp³-hybridized carbons (Fsp3) is 0.636. The quantitative estimate of drug-likeness (QED) is 0.640. The van der Waals surface area contributed by atoms with Crippen LogP contribution in [-0.2, 0) is 6.42 Å². The molecule has 1 rings (SSSR count). The molecule has 0 aliphatic carbocycles. The van der Waals surface area contributed by atoms with Crippen molar-refractivity contribution in [3.63, 3.8) is 0 Å². The van der Waals surface area contributed by atoms with E-state index in [1.807, 2.05) is 12.4 Å². The second-order valence-corrected chi connectivity index (χ2v) is 3.36. The van der Waals surface area contributed by atoms with E-state index in [0.29, 0.717) is 0 Å². The van der Waals surface area contributed by atoms with Gasteiger partial charge in [0.25, 0.3) is 0 Å². The molecule has 2 heteroatoms. The lowest BCUT2D eigenvalue weighted by molar-refractivity contribution is 0.705. The monoisotopic (exact) mass is 179 g/mol. The standard InChI is InChI=1S/C11H19N2/c1-2-3-4-5-6-7-8-11-12-9-10-13-11/h5,9-10H,2-4,6-8H2,1H3,(H,12,13). The molecule has 1 heterocycles. The molecule has 0 saturated heterocycles. The van der Waals surface area contributed by atoms with Crippen LogP contribution in [0.4, 0.5) is 0 Å². The fourth-order valence-electron chi connectivity index (χ4n) is 1.34. The summed E-state index contributed by atoms with van der Waals surface area (Å²) in [6.45, 7) is 2.23. The zero-order chi connectivity index (χ0) is 9.36. The van der Waals surface area contributed by atoms with E-state index in [9.17, 15) is 0 Å². The normalized spacial score (nSPS) is 10.5. The number of imidazole rings is 1. The van der Waals surface area contributed by atoms with E-state index < -0.39 is 0 Å². The van der Waals surface area contributed by atoms with E-state index in [1.54, 1.807) is 0 Å². The van der Waals surface area contributed by atoms with Gasteiger partial charge in [0.15, 0.2) is 0 Å². The Kier molecular flexibility index (Phi) is 5.30. The molecule has 1 radical (unpaired) electrons. The van der Waals surface area contributed by atoms with E-state index >= 15 is 0 Å². The van der Waals surface area contributed by atoms with Gasteiger partial charge in [-0.25, -0.2) is 4.98 Å². The molecular formula is C11H19N2. The number of aromatic nitrogens is 2. The van der Waals surface area contributed by atoms with Crippen LogP contribution < -0.4 is 0 Å². The second kappa shape index (κ2) is 6.70. The minimum Gasteiger partial charge on any atom is -0.349 e. The van der Waals surface area contributed by atoms with Crippen LogP contribution in [0.5, 0.6) is 0 Å². The molecule has 0 spiro atoms. The zero-order valence-electron chi connectivity index (χ0n) is 8.42. The van der Waals surface area contributed by atoms with Crippen LogP contribution in [-0.4, -0.2) is 9.97 Å². The number of nitrogens with one attached hydrogen (secondary N) is 1. The van der Waals surface area contributed by atoms with E-state index in [2.05, 4.69) is 23.3 Å². The molecule has 13 heavy (non-hydrogen) atoms. The predicted octanol–water partition coefficient (Wildman–Crippen LogP) is 3.13. The summed E-state index contributed by atoms with van der Waals surface area (Å²) in [5, 5.41) is 0. The number of unbranched alkanes of at least 4 members (excludes halogenated alkanes) is 5. The minimum absolute atomic E-state index is 1.08. The van der Waals surface area contributed by atoms with Crippen LogP contribution in [0.2, 0.25) is 0 Å². The number of aryl methyl sites for hydroxylation is 1. The first-order valence-corrected chi connectivity index (χ1v) is 5.23. The van der Waals surface area contributed by atoms with Gasteiger partial charge in [0, 0.05) is 18.8 Å². The summed E-state index contributed by atoms with van der Waals surface area (Å²) in [6, 6.07) is 0.